The summed E-state index contributed by atoms with van der Waals surface area (Å²) >= 11 is 0. The van der Waals surface area contributed by atoms with Gasteiger partial charge in [0.05, 0.1) is 17.2 Å². The van der Waals surface area contributed by atoms with Gasteiger partial charge < -0.3 is 25.0 Å². The Kier molecular flexibility index (Phi) is 5.43. The first-order valence-corrected chi connectivity index (χ1v) is 11.0. The highest BCUT2D eigenvalue weighted by Gasteiger charge is 2.38. The molecule has 1 atom stereocenters. The minimum Gasteiger partial charge on any atom is -0.454 e. The van der Waals surface area contributed by atoms with E-state index in [-0.39, 0.29) is 37.0 Å². The molecular formula is C24H25N3O5. The Balaban J connectivity index is 1.26. The first-order valence-electron chi connectivity index (χ1n) is 11.0. The molecule has 2 heterocycles. The molecule has 2 aromatic carbocycles. The quantitative estimate of drug-likeness (QED) is 0.750. The molecule has 3 amide bonds. The molecule has 0 spiro atoms. The van der Waals surface area contributed by atoms with Crippen LogP contribution in [0.3, 0.4) is 0 Å². The van der Waals surface area contributed by atoms with Crippen LogP contribution in [0.5, 0.6) is 11.5 Å². The highest BCUT2D eigenvalue weighted by molar-refractivity contribution is 6.10. The van der Waals surface area contributed by atoms with E-state index in [9.17, 15) is 14.4 Å². The number of amides is 3. The van der Waals surface area contributed by atoms with E-state index in [0.717, 1.165) is 25.7 Å². The van der Waals surface area contributed by atoms with Crippen molar-refractivity contribution < 1.29 is 23.9 Å². The summed E-state index contributed by atoms with van der Waals surface area (Å²) in [5.41, 5.74) is 1.33. The maximum atomic E-state index is 12.9. The topological polar surface area (TPSA) is 97.0 Å². The molecule has 0 bridgehead atoms. The summed E-state index contributed by atoms with van der Waals surface area (Å²) in [4.78, 5) is 40.2. The largest absolute Gasteiger partial charge is 0.454 e. The third kappa shape index (κ3) is 4.00. The Hall–Kier alpha value is -3.55. The molecule has 32 heavy (non-hydrogen) atoms. The number of para-hydroxylation sites is 1. The number of hydrogen-bond donors (Lipinski definition) is 2. The van der Waals surface area contributed by atoms with E-state index in [1.807, 2.05) is 4.90 Å². The maximum absolute atomic E-state index is 12.9. The number of likely N-dealkylation sites (tertiary alicyclic amines) is 1. The first-order chi connectivity index (χ1) is 15.6. The second kappa shape index (κ2) is 8.53. The van der Waals surface area contributed by atoms with Gasteiger partial charge in [0.1, 0.15) is 0 Å². The monoisotopic (exact) mass is 435 g/mol. The second-order valence-corrected chi connectivity index (χ2v) is 8.44. The Morgan fingerprint density at radius 1 is 0.969 bits per heavy atom. The molecule has 2 aromatic rings. The van der Waals surface area contributed by atoms with Crippen LogP contribution in [-0.4, -0.2) is 42.0 Å². The van der Waals surface area contributed by atoms with Gasteiger partial charge in [0.25, 0.3) is 5.91 Å². The van der Waals surface area contributed by atoms with Crippen molar-refractivity contribution >= 4 is 29.1 Å². The lowest BCUT2D eigenvalue weighted by atomic mass is 10.1. The summed E-state index contributed by atoms with van der Waals surface area (Å²) in [5.74, 6) is 0.256. The average Bonchev–Trinajstić information content (AvgIpc) is 3.54. The summed E-state index contributed by atoms with van der Waals surface area (Å²) in [5, 5.41) is 5.70. The fourth-order valence-corrected chi connectivity index (χ4v) is 4.67. The van der Waals surface area contributed by atoms with Gasteiger partial charge in [-0.05, 0) is 37.1 Å². The summed E-state index contributed by atoms with van der Waals surface area (Å²) in [6.45, 7) is 0.602. The predicted molar refractivity (Wildman–Crippen MR) is 118 cm³/mol. The zero-order valence-electron chi connectivity index (χ0n) is 17.6. The molecule has 166 valence electrons. The standard InChI is InChI=1S/C24H25N3O5/c28-22-11-15(13-27(22)17-5-1-2-6-17)23(29)26-19-8-4-3-7-18(19)24(30)25-16-9-10-20-21(12-16)32-14-31-20/h3-4,7-10,12,15,17H,1-2,5-6,11,13-14H2,(H,25,30)(H,26,29)/t15-/m0/s1. The van der Waals surface area contributed by atoms with Crippen molar-refractivity contribution in [3.63, 3.8) is 0 Å². The van der Waals surface area contributed by atoms with E-state index in [1.54, 1.807) is 42.5 Å². The Labute approximate surface area is 185 Å². The van der Waals surface area contributed by atoms with Crippen molar-refractivity contribution in [2.24, 2.45) is 5.92 Å². The minimum atomic E-state index is -0.409. The van der Waals surface area contributed by atoms with Gasteiger partial charge in [0.2, 0.25) is 18.6 Å². The highest BCUT2D eigenvalue weighted by atomic mass is 16.7. The van der Waals surface area contributed by atoms with Crippen LogP contribution in [0.4, 0.5) is 11.4 Å². The van der Waals surface area contributed by atoms with Crippen LogP contribution in [0.25, 0.3) is 0 Å². The van der Waals surface area contributed by atoms with E-state index in [0.29, 0.717) is 35.0 Å². The molecule has 0 aromatic heterocycles. The van der Waals surface area contributed by atoms with Gasteiger partial charge in [-0.2, -0.15) is 0 Å². The smallest absolute Gasteiger partial charge is 0.257 e. The van der Waals surface area contributed by atoms with Gasteiger partial charge in [-0.1, -0.05) is 25.0 Å². The Morgan fingerprint density at radius 2 is 1.75 bits per heavy atom. The van der Waals surface area contributed by atoms with Crippen molar-refractivity contribution in [1.82, 2.24) is 4.90 Å². The molecule has 0 radical (unpaired) electrons. The maximum Gasteiger partial charge on any atom is 0.257 e. The number of nitrogens with one attached hydrogen (secondary N) is 2. The third-order valence-electron chi connectivity index (χ3n) is 6.35. The van der Waals surface area contributed by atoms with Crippen LogP contribution >= 0.6 is 0 Å². The normalized spacial score (nSPS) is 19.9. The van der Waals surface area contributed by atoms with Crippen molar-refractivity contribution in [2.75, 3.05) is 24.0 Å². The molecule has 2 N–H and O–H groups in total. The third-order valence-corrected chi connectivity index (χ3v) is 6.35. The summed E-state index contributed by atoms with van der Waals surface area (Å²) in [6.07, 6.45) is 4.52. The number of anilines is 2. The Morgan fingerprint density at radius 3 is 2.59 bits per heavy atom. The molecule has 2 fully saturated rings. The van der Waals surface area contributed by atoms with E-state index in [4.69, 9.17) is 9.47 Å². The Bertz CT molecular complexity index is 1060. The lowest BCUT2D eigenvalue weighted by Gasteiger charge is -2.24. The number of hydrogen-bond acceptors (Lipinski definition) is 5. The number of rotatable bonds is 5. The molecule has 1 saturated heterocycles. The lowest BCUT2D eigenvalue weighted by Crippen LogP contribution is -2.35. The SMILES string of the molecule is O=C(Nc1ccc2c(c1)OCO2)c1ccccc1NC(=O)[C@H]1CC(=O)N(C2CCCC2)C1. The predicted octanol–water partition coefficient (Wildman–Crippen LogP) is 3.40. The van der Waals surface area contributed by atoms with Crippen molar-refractivity contribution in [3.8, 4) is 11.5 Å². The van der Waals surface area contributed by atoms with Crippen LogP contribution in [0.15, 0.2) is 42.5 Å². The second-order valence-electron chi connectivity index (χ2n) is 8.44. The fourth-order valence-electron chi connectivity index (χ4n) is 4.67. The average molecular weight is 435 g/mol. The number of ether oxygens (including phenoxy) is 2. The fraction of sp³-hybridized carbons (Fsp3) is 0.375. The van der Waals surface area contributed by atoms with Gasteiger partial charge in [0, 0.05) is 30.8 Å². The number of nitrogens with zero attached hydrogens (tertiary/aromatic N) is 1. The van der Waals surface area contributed by atoms with Crippen LogP contribution in [0.1, 0.15) is 42.5 Å². The van der Waals surface area contributed by atoms with Gasteiger partial charge in [0.15, 0.2) is 11.5 Å². The van der Waals surface area contributed by atoms with E-state index >= 15 is 0 Å². The number of carbonyl (C=O) groups excluding carboxylic acids is 3. The van der Waals surface area contributed by atoms with Crippen molar-refractivity contribution in [1.29, 1.82) is 0 Å². The molecule has 8 nitrogen and oxygen atoms in total. The van der Waals surface area contributed by atoms with E-state index < -0.39 is 5.92 Å². The number of carbonyl (C=O) groups is 3. The highest BCUT2D eigenvalue weighted by Crippen LogP contribution is 2.34. The molecule has 1 saturated carbocycles. The molecule has 0 unspecified atom stereocenters. The molecule has 5 rings (SSSR count). The van der Waals surface area contributed by atoms with E-state index in [1.165, 1.54) is 0 Å². The molecule has 8 heteroatoms. The minimum absolute atomic E-state index is 0.0471. The molecule has 2 aliphatic heterocycles. The van der Waals surface area contributed by atoms with E-state index in [2.05, 4.69) is 10.6 Å². The summed E-state index contributed by atoms with van der Waals surface area (Å²) < 4.78 is 10.6. The summed E-state index contributed by atoms with van der Waals surface area (Å²) in [7, 11) is 0. The van der Waals surface area contributed by atoms with Gasteiger partial charge in [-0.25, -0.2) is 0 Å². The van der Waals surface area contributed by atoms with Crippen molar-refractivity contribution in [2.45, 2.75) is 38.1 Å². The first kappa shape index (κ1) is 20.4. The lowest BCUT2D eigenvalue weighted by molar-refractivity contribution is -0.129. The zero-order chi connectivity index (χ0) is 22.1. The number of benzene rings is 2. The van der Waals surface area contributed by atoms with Crippen LogP contribution in [-0.2, 0) is 9.59 Å². The van der Waals surface area contributed by atoms with Gasteiger partial charge in [-0.3, -0.25) is 14.4 Å². The van der Waals surface area contributed by atoms with Crippen LogP contribution in [0.2, 0.25) is 0 Å². The molecular weight excluding hydrogens is 410 g/mol. The van der Waals surface area contributed by atoms with Gasteiger partial charge >= 0.3 is 0 Å². The van der Waals surface area contributed by atoms with Crippen molar-refractivity contribution in [3.05, 3.63) is 48.0 Å². The zero-order valence-corrected chi connectivity index (χ0v) is 17.6. The van der Waals surface area contributed by atoms with Gasteiger partial charge in [-0.15, -0.1) is 0 Å². The van der Waals surface area contributed by atoms with Crippen LogP contribution in [0, 0.1) is 5.92 Å². The summed E-state index contributed by atoms with van der Waals surface area (Å²) in [6, 6.07) is 12.3. The number of fused-ring (bicyclic) bond motifs is 1. The molecule has 1 aliphatic carbocycles. The van der Waals surface area contributed by atoms with Crippen LogP contribution < -0.4 is 20.1 Å². The molecule has 3 aliphatic rings.